The van der Waals surface area contributed by atoms with E-state index in [0.29, 0.717) is 12.2 Å². The Morgan fingerprint density at radius 2 is 1.84 bits per heavy atom. The summed E-state index contributed by atoms with van der Waals surface area (Å²) in [5, 5.41) is 4.78. The molecule has 9 heteroatoms. The second-order valence-corrected chi connectivity index (χ2v) is 5.18. The number of carbonyl (C=O) groups excluding carboxylic acids is 2. The zero-order chi connectivity index (χ0) is 18.4. The number of amides is 2. The van der Waals surface area contributed by atoms with Crippen molar-refractivity contribution in [2.75, 3.05) is 5.32 Å². The summed E-state index contributed by atoms with van der Waals surface area (Å²) in [6.45, 7) is 1.71. The van der Waals surface area contributed by atoms with Crippen LogP contribution in [0.15, 0.2) is 47.1 Å². The zero-order valence-electron chi connectivity index (χ0n) is 13.1. The van der Waals surface area contributed by atoms with Crippen molar-refractivity contribution < 1.29 is 31.9 Å². The standard InChI is InChI=1S/C16H15F3N2O4/c1-10(9-13-3-2-8-24-13)20-14(22)15(23)21-11-4-6-12(7-5-11)25-16(17,18)19/h2-8,10H,9H2,1H3,(H,20,22)(H,21,23). The Balaban J connectivity index is 1.85. The molecule has 1 unspecified atom stereocenters. The molecule has 0 saturated carbocycles. The molecule has 6 nitrogen and oxygen atoms in total. The van der Waals surface area contributed by atoms with Crippen molar-refractivity contribution in [2.24, 2.45) is 0 Å². The maximum absolute atomic E-state index is 12.1. The molecule has 2 N–H and O–H groups in total. The Bertz CT molecular complexity index is 712. The van der Waals surface area contributed by atoms with Crippen LogP contribution in [0.5, 0.6) is 5.75 Å². The molecule has 134 valence electrons. The fourth-order valence-electron chi connectivity index (χ4n) is 2.00. The summed E-state index contributed by atoms with van der Waals surface area (Å²) in [6, 6.07) is 7.56. The van der Waals surface area contributed by atoms with Crippen LogP contribution < -0.4 is 15.4 Å². The topological polar surface area (TPSA) is 80.6 Å². The molecule has 1 atom stereocenters. The Labute approximate surface area is 141 Å². The quantitative estimate of drug-likeness (QED) is 0.808. The second kappa shape index (κ2) is 7.73. The fourth-order valence-corrected chi connectivity index (χ4v) is 2.00. The second-order valence-electron chi connectivity index (χ2n) is 5.18. The first-order valence-electron chi connectivity index (χ1n) is 7.23. The lowest BCUT2D eigenvalue weighted by Crippen LogP contribution is -2.41. The average molecular weight is 356 g/mol. The Hall–Kier alpha value is -2.97. The molecule has 0 saturated heterocycles. The van der Waals surface area contributed by atoms with Crippen LogP contribution in [-0.2, 0) is 16.0 Å². The molecule has 1 heterocycles. The molecule has 2 aromatic rings. The molecule has 2 amide bonds. The third kappa shape index (κ3) is 6.21. The third-order valence-corrected chi connectivity index (χ3v) is 3.02. The lowest BCUT2D eigenvalue weighted by molar-refractivity contribution is -0.274. The van der Waals surface area contributed by atoms with Crippen molar-refractivity contribution in [3.63, 3.8) is 0 Å². The molecular formula is C16H15F3N2O4. The zero-order valence-corrected chi connectivity index (χ0v) is 13.1. The lowest BCUT2D eigenvalue weighted by Gasteiger charge is -2.13. The Morgan fingerprint density at radius 1 is 1.16 bits per heavy atom. The van der Waals surface area contributed by atoms with Crippen LogP contribution in [0.25, 0.3) is 0 Å². The molecule has 0 aliphatic heterocycles. The lowest BCUT2D eigenvalue weighted by atomic mass is 10.2. The van der Waals surface area contributed by atoms with E-state index in [9.17, 15) is 22.8 Å². The van der Waals surface area contributed by atoms with Gasteiger partial charge in [-0.25, -0.2) is 0 Å². The van der Waals surface area contributed by atoms with Gasteiger partial charge in [0.15, 0.2) is 0 Å². The monoisotopic (exact) mass is 356 g/mol. The Morgan fingerprint density at radius 3 is 2.40 bits per heavy atom. The van der Waals surface area contributed by atoms with Crippen LogP contribution in [0.1, 0.15) is 12.7 Å². The highest BCUT2D eigenvalue weighted by Crippen LogP contribution is 2.23. The van der Waals surface area contributed by atoms with E-state index >= 15 is 0 Å². The van der Waals surface area contributed by atoms with E-state index in [4.69, 9.17) is 4.42 Å². The SMILES string of the molecule is CC(Cc1ccco1)NC(=O)C(=O)Nc1ccc(OC(F)(F)F)cc1. The molecule has 0 bridgehead atoms. The van der Waals surface area contributed by atoms with Crippen LogP contribution >= 0.6 is 0 Å². The number of alkyl halides is 3. The smallest absolute Gasteiger partial charge is 0.469 e. The first-order chi connectivity index (χ1) is 11.7. The van der Waals surface area contributed by atoms with Gasteiger partial charge in [-0.1, -0.05) is 0 Å². The number of halogens is 3. The van der Waals surface area contributed by atoms with Crippen molar-refractivity contribution in [3.05, 3.63) is 48.4 Å². The van der Waals surface area contributed by atoms with Gasteiger partial charge in [-0.2, -0.15) is 0 Å². The highest BCUT2D eigenvalue weighted by Gasteiger charge is 2.31. The minimum Gasteiger partial charge on any atom is -0.469 e. The Kier molecular flexibility index (Phi) is 5.68. The first-order valence-corrected chi connectivity index (χ1v) is 7.23. The van der Waals surface area contributed by atoms with E-state index in [1.54, 1.807) is 19.1 Å². The first kappa shape index (κ1) is 18.4. The van der Waals surface area contributed by atoms with Gasteiger partial charge < -0.3 is 19.8 Å². The summed E-state index contributed by atoms with van der Waals surface area (Å²) in [5.41, 5.74) is 0.161. The maximum atomic E-state index is 12.1. The van der Waals surface area contributed by atoms with E-state index in [2.05, 4.69) is 15.4 Å². The number of hydrogen-bond acceptors (Lipinski definition) is 4. The molecule has 0 aliphatic carbocycles. The number of carbonyl (C=O) groups is 2. The summed E-state index contributed by atoms with van der Waals surface area (Å²) >= 11 is 0. The van der Waals surface area contributed by atoms with Crippen molar-refractivity contribution in [2.45, 2.75) is 25.7 Å². The van der Waals surface area contributed by atoms with E-state index in [-0.39, 0.29) is 11.7 Å². The van der Waals surface area contributed by atoms with Gasteiger partial charge >= 0.3 is 18.2 Å². The van der Waals surface area contributed by atoms with Gasteiger partial charge in [0.1, 0.15) is 11.5 Å². The van der Waals surface area contributed by atoms with Crippen LogP contribution in [-0.4, -0.2) is 24.2 Å². The molecular weight excluding hydrogens is 341 g/mol. The number of ether oxygens (including phenoxy) is 1. The summed E-state index contributed by atoms with van der Waals surface area (Å²) in [6.07, 6.45) is -2.88. The van der Waals surface area contributed by atoms with E-state index < -0.39 is 23.9 Å². The summed E-state index contributed by atoms with van der Waals surface area (Å²) in [5.74, 6) is -1.57. The van der Waals surface area contributed by atoms with Gasteiger partial charge in [-0.15, -0.1) is 13.2 Å². The molecule has 25 heavy (non-hydrogen) atoms. The van der Waals surface area contributed by atoms with Crippen LogP contribution in [0.3, 0.4) is 0 Å². The molecule has 0 radical (unpaired) electrons. The third-order valence-electron chi connectivity index (χ3n) is 3.02. The number of rotatable bonds is 5. The highest BCUT2D eigenvalue weighted by atomic mass is 19.4. The largest absolute Gasteiger partial charge is 0.573 e. The summed E-state index contributed by atoms with van der Waals surface area (Å²) < 4.78 is 45.0. The normalized spacial score (nSPS) is 12.3. The van der Waals surface area contributed by atoms with Crippen LogP contribution in [0, 0.1) is 0 Å². The number of furan rings is 1. The number of benzene rings is 1. The van der Waals surface area contributed by atoms with E-state index in [1.165, 1.54) is 18.4 Å². The van der Waals surface area contributed by atoms with E-state index in [0.717, 1.165) is 12.1 Å². The van der Waals surface area contributed by atoms with Crippen molar-refractivity contribution in [3.8, 4) is 5.75 Å². The van der Waals surface area contributed by atoms with E-state index in [1.807, 2.05) is 0 Å². The van der Waals surface area contributed by atoms with Gasteiger partial charge in [-0.05, 0) is 43.3 Å². The van der Waals surface area contributed by atoms with Crippen LogP contribution in [0.2, 0.25) is 0 Å². The van der Waals surface area contributed by atoms with Crippen LogP contribution in [0.4, 0.5) is 18.9 Å². The molecule has 0 spiro atoms. The number of hydrogen-bond donors (Lipinski definition) is 2. The predicted molar refractivity (Wildman–Crippen MR) is 81.8 cm³/mol. The molecule has 1 aromatic heterocycles. The maximum Gasteiger partial charge on any atom is 0.573 e. The summed E-state index contributed by atoms with van der Waals surface area (Å²) in [7, 11) is 0. The van der Waals surface area contributed by atoms with Gasteiger partial charge in [-0.3, -0.25) is 9.59 Å². The van der Waals surface area contributed by atoms with Gasteiger partial charge in [0, 0.05) is 18.2 Å². The fraction of sp³-hybridized carbons (Fsp3) is 0.250. The average Bonchev–Trinajstić information content (AvgIpc) is 3.00. The van der Waals surface area contributed by atoms with Crippen molar-refractivity contribution >= 4 is 17.5 Å². The molecule has 1 aromatic carbocycles. The molecule has 2 rings (SSSR count). The van der Waals surface area contributed by atoms with Crippen molar-refractivity contribution in [1.29, 1.82) is 0 Å². The van der Waals surface area contributed by atoms with Gasteiger partial charge in [0.25, 0.3) is 0 Å². The van der Waals surface area contributed by atoms with Gasteiger partial charge in [0.05, 0.1) is 6.26 Å². The number of nitrogens with one attached hydrogen (secondary N) is 2. The minimum absolute atomic E-state index is 0.161. The molecule has 0 fully saturated rings. The van der Waals surface area contributed by atoms with Gasteiger partial charge in [0.2, 0.25) is 0 Å². The van der Waals surface area contributed by atoms with Crippen molar-refractivity contribution in [1.82, 2.24) is 5.32 Å². The summed E-state index contributed by atoms with van der Waals surface area (Å²) in [4.78, 5) is 23.6. The minimum atomic E-state index is -4.80. The predicted octanol–water partition coefficient (Wildman–Crippen LogP) is 2.86. The highest BCUT2D eigenvalue weighted by molar-refractivity contribution is 6.39. The number of anilines is 1. The molecule has 0 aliphatic rings.